The summed E-state index contributed by atoms with van der Waals surface area (Å²) in [6, 6.07) is 11.9. The molecule has 1 N–H and O–H groups in total. The molecule has 2 aliphatic rings. The van der Waals surface area contributed by atoms with Gasteiger partial charge in [-0.15, -0.1) is 0 Å². The van der Waals surface area contributed by atoms with Crippen molar-refractivity contribution in [3.8, 4) is 0 Å². The third-order valence-electron chi connectivity index (χ3n) is 7.07. The van der Waals surface area contributed by atoms with Gasteiger partial charge in [0, 0.05) is 43.3 Å². The number of hydrogen-bond donors (Lipinski definition) is 1. The molecule has 1 unspecified atom stereocenters. The number of ketones is 1. The first-order valence-electron chi connectivity index (χ1n) is 12.3. The number of Topliss-reactive ketones (excluding diaryl/α,β-unsaturated/α-hetero) is 1. The molecule has 37 heavy (non-hydrogen) atoms. The summed E-state index contributed by atoms with van der Waals surface area (Å²) in [5.41, 5.74) is 0.541. The van der Waals surface area contributed by atoms with Gasteiger partial charge in [0.1, 0.15) is 0 Å². The van der Waals surface area contributed by atoms with E-state index in [0.29, 0.717) is 18.0 Å². The summed E-state index contributed by atoms with van der Waals surface area (Å²) in [5, 5.41) is 2.45. The first kappa shape index (κ1) is 26.7. The van der Waals surface area contributed by atoms with Crippen LogP contribution < -0.4 is 10.2 Å². The molecule has 0 aliphatic carbocycles. The molecular weight excluding hydrogens is 487 g/mol. The minimum atomic E-state index is -4.54. The van der Waals surface area contributed by atoms with Crippen molar-refractivity contribution >= 4 is 23.3 Å². The van der Waals surface area contributed by atoms with Gasteiger partial charge in [0.05, 0.1) is 24.8 Å². The first-order valence-corrected chi connectivity index (χ1v) is 12.3. The zero-order chi connectivity index (χ0) is 26.6. The molecule has 0 spiro atoms. The number of rotatable bonds is 8. The largest absolute Gasteiger partial charge is 0.465 e. The van der Waals surface area contributed by atoms with Gasteiger partial charge in [0.15, 0.2) is 5.78 Å². The maximum Gasteiger partial charge on any atom is 0.416 e. The Morgan fingerprint density at radius 1 is 1.00 bits per heavy atom. The lowest BCUT2D eigenvalue weighted by molar-refractivity contribution is -0.137. The number of amides is 1. The van der Waals surface area contributed by atoms with Crippen molar-refractivity contribution in [1.82, 2.24) is 10.2 Å². The smallest absolute Gasteiger partial charge is 0.416 e. The lowest BCUT2D eigenvalue weighted by atomic mass is 10.0. The fourth-order valence-electron chi connectivity index (χ4n) is 5.07. The number of likely N-dealkylation sites (tertiary alicyclic amines) is 1. The quantitative estimate of drug-likeness (QED) is 0.537. The predicted molar refractivity (Wildman–Crippen MR) is 131 cm³/mol. The highest BCUT2D eigenvalue weighted by Gasteiger charge is 2.34. The highest BCUT2D eigenvalue weighted by molar-refractivity contribution is 5.97. The molecule has 198 valence electrons. The molecule has 2 aromatic rings. The summed E-state index contributed by atoms with van der Waals surface area (Å²) in [7, 11) is 1.36. The highest BCUT2D eigenvalue weighted by Crippen LogP contribution is 2.30. The van der Waals surface area contributed by atoms with Gasteiger partial charge >= 0.3 is 12.1 Å². The number of nitrogens with zero attached hydrogens (tertiary/aromatic N) is 2. The monoisotopic (exact) mass is 517 g/mol. The van der Waals surface area contributed by atoms with E-state index in [1.807, 2.05) is 12.1 Å². The molecule has 4 rings (SSSR count). The predicted octanol–water partition coefficient (Wildman–Crippen LogP) is 3.78. The van der Waals surface area contributed by atoms with Gasteiger partial charge in [-0.25, -0.2) is 4.79 Å². The van der Waals surface area contributed by atoms with Crippen molar-refractivity contribution in [2.24, 2.45) is 5.92 Å². The maximum absolute atomic E-state index is 12.9. The fraction of sp³-hybridized carbons (Fsp3) is 0.444. The van der Waals surface area contributed by atoms with Crippen LogP contribution in [0.4, 0.5) is 18.9 Å². The lowest BCUT2D eigenvalue weighted by Crippen LogP contribution is -2.36. The number of benzene rings is 2. The van der Waals surface area contributed by atoms with Crippen molar-refractivity contribution in [1.29, 1.82) is 0 Å². The van der Waals surface area contributed by atoms with E-state index in [9.17, 15) is 27.6 Å². The van der Waals surface area contributed by atoms with Gasteiger partial charge in [0.25, 0.3) is 5.91 Å². The zero-order valence-corrected chi connectivity index (χ0v) is 20.6. The molecule has 2 aromatic carbocycles. The summed E-state index contributed by atoms with van der Waals surface area (Å²) in [4.78, 5) is 41.0. The third-order valence-corrected chi connectivity index (χ3v) is 7.07. The van der Waals surface area contributed by atoms with Gasteiger partial charge in [-0.05, 0) is 67.8 Å². The third kappa shape index (κ3) is 6.68. The van der Waals surface area contributed by atoms with E-state index < -0.39 is 17.6 Å². The summed E-state index contributed by atoms with van der Waals surface area (Å²) in [6.07, 6.45) is -2.32. The second kappa shape index (κ2) is 11.3. The molecule has 2 heterocycles. The van der Waals surface area contributed by atoms with Crippen molar-refractivity contribution in [2.45, 2.75) is 31.5 Å². The standard InChI is InChI=1S/C27H30F3N3O4/c1-37-26(36)19-5-7-22(8-6-19)33-12-10-23(17-33)32-11-9-18(16-32)13-24(34)15-31-25(35)20-3-2-4-21(14-20)27(28,29)30/h2-8,14,18,23H,9-13,15-17H2,1H3,(H,31,35)/t18-,23?/m0/s1. The van der Waals surface area contributed by atoms with Crippen LogP contribution in [0.3, 0.4) is 0 Å². The molecule has 10 heteroatoms. The van der Waals surface area contributed by atoms with Crippen LogP contribution in [0, 0.1) is 5.92 Å². The average Bonchev–Trinajstić information content (AvgIpc) is 3.56. The molecule has 2 fully saturated rings. The molecule has 0 radical (unpaired) electrons. The number of esters is 1. The fourth-order valence-corrected chi connectivity index (χ4v) is 5.07. The van der Waals surface area contributed by atoms with Crippen molar-refractivity contribution in [3.05, 3.63) is 65.2 Å². The van der Waals surface area contributed by atoms with Crippen LogP contribution in [-0.2, 0) is 15.7 Å². The number of carbonyl (C=O) groups excluding carboxylic acids is 3. The molecule has 0 saturated carbocycles. The van der Waals surface area contributed by atoms with E-state index in [-0.39, 0.29) is 29.8 Å². The zero-order valence-electron chi connectivity index (χ0n) is 20.6. The number of ether oxygens (including phenoxy) is 1. The van der Waals surface area contributed by atoms with Crippen molar-refractivity contribution < 1.29 is 32.3 Å². The number of carbonyl (C=O) groups is 3. The van der Waals surface area contributed by atoms with Crippen LogP contribution in [0.5, 0.6) is 0 Å². The Kier molecular flexibility index (Phi) is 8.16. The Bertz CT molecular complexity index is 1140. The minimum absolute atomic E-state index is 0.125. The van der Waals surface area contributed by atoms with Crippen molar-refractivity contribution in [3.63, 3.8) is 0 Å². The Labute approximate surface area is 213 Å². The summed E-state index contributed by atoms with van der Waals surface area (Å²) < 4.78 is 43.4. The van der Waals surface area contributed by atoms with E-state index >= 15 is 0 Å². The second-order valence-electron chi connectivity index (χ2n) is 9.58. The normalized spacial score (nSPS) is 20.2. The van der Waals surface area contributed by atoms with Crippen LogP contribution in [-0.4, -0.2) is 68.4 Å². The molecule has 2 atom stereocenters. The van der Waals surface area contributed by atoms with Gasteiger partial charge in [0.2, 0.25) is 0 Å². The average molecular weight is 518 g/mol. The Morgan fingerprint density at radius 2 is 1.76 bits per heavy atom. The molecule has 7 nitrogen and oxygen atoms in total. The molecule has 2 aliphatic heterocycles. The topological polar surface area (TPSA) is 79.0 Å². The summed E-state index contributed by atoms with van der Waals surface area (Å²) in [5.74, 6) is -1.01. The first-order chi connectivity index (χ1) is 17.6. The van der Waals surface area contributed by atoms with E-state index in [2.05, 4.69) is 15.1 Å². The summed E-state index contributed by atoms with van der Waals surface area (Å²) in [6.45, 7) is 3.26. The van der Waals surface area contributed by atoms with E-state index in [1.165, 1.54) is 19.2 Å². The second-order valence-corrected chi connectivity index (χ2v) is 9.58. The highest BCUT2D eigenvalue weighted by atomic mass is 19.4. The number of anilines is 1. The van der Waals surface area contributed by atoms with Crippen LogP contribution in [0.1, 0.15) is 45.5 Å². The molecule has 1 amide bonds. The number of alkyl halides is 3. The molecule has 0 aromatic heterocycles. The minimum Gasteiger partial charge on any atom is -0.465 e. The van der Waals surface area contributed by atoms with Gasteiger partial charge in [-0.1, -0.05) is 6.07 Å². The molecular formula is C27H30F3N3O4. The van der Waals surface area contributed by atoms with Crippen LogP contribution in [0.2, 0.25) is 0 Å². The number of nitrogens with one attached hydrogen (secondary N) is 1. The Morgan fingerprint density at radius 3 is 2.46 bits per heavy atom. The Balaban J connectivity index is 1.21. The lowest BCUT2D eigenvalue weighted by Gasteiger charge is -2.25. The summed E-state index contributed by atoms with van der Waals surface area (Å²) >= 11 is 0. The van der Waals surface area contributed by atoms with E-state index in [4.69, 9.17) is 4.74 Å². The van der Waals surface area contributed by atoms with E-state index in [0.717, 1.165) is 56.8 Å². The maximum atomic E-state index is 12.9. The van der Waals surface area contributed by atoms with Gasteiger partial charge < -0.3 is 15.0 Å². The number of methoxy groups -OCH3 is 1. The number of halogens is 3. The van der Waals surface area contributed by atoms with Crippen LogP contribution in [0.25, 0.3) is 0 Å². The van der Waals surface area contributed by atoms with Gasteiger partial charge in [-0.2, -0.15) is 13.2 Å². The van der Waals surface area contributed by atoms with Crippen LogP contribution >= 0.6 is 0 Å². The van der Waals surface area contributed by atoms with Crippen LogP contribution in [0.15, 0.2) is 48.5 Å². The Hall–Kier alpha value is -3.40. The van der Waals surface area contributed by atoms with E-state index in [1.54, 1.807) is 12.1 Å². The van der Waals surface area contributed by atoms with Crippen molar-refractivity contribution in [2.75, 3.05) is 44.7 Å². The SMILES string of the molecule is COC(=O)c1ccc(N2CCC(N3CC[C@@H](CC(=O)CNC(=O)c4cccc(C(F)(F)F)c4)C3)C2)cc1. The number of hydrogen-bond acceptors (Lipinski definition) is 6. The molecule has 2 saturated heterocycles. The van der Waals surface area contributed by atoms with Gasteiger partial charge in [-0.3, -0.25) is 14.5 Å². The molecule has 0 bridgehead atoms.